The zero-order chi connectivity index (χ0) is 14.9. The maximum Gasteiger partial charge on any atom is 0.151 e. The summed E-state index contributed by atoms with van der Waals surface area (Å²) in [5.74, 6) is 1.12. The molecule has 5 heteroatoms. The summed E-state index contributed by atoms with van der Waals surface area (Å²) in [6.07, 6.45) is 2.31. The summed E-state index contributed by atoms with van der Waals surface area (Å²) in [6.45, 7) is 11.9. The Morgan fingerprint density at radius 3 is 2.65 bits per heavy atom. The van der Waals surface area contributed by atoms with Gasteiger partial charge in [0.1, 0.15) is 0 Å². The average Bonchev–Trinajstić information content (AvgIpc) is 2.59. The van der Waals surface area contributed by atoms with Gasteiger partial charge in [-0.25, -0.2) is 4.68 Å². The van der Waals surface area contributed by atoms with Gasteiger partial charge in [0.05, 0.1) is 11.4 Å². The van der Waals surface area contributed by atoms with Gasteiger partial charge in [0.2, 0.25) is 0 Å². The molecule has 2 heterocycles. The lowest BCUT2D eigenvalue weighted by Crippen LogP contribution is -2.41. The van der Waals surface area contributed by atoms with Crippen LogP contribution in [-0.4, -0.2) is 47.4 Å². The molecule has 0 amide bonds. The Labute approximate surface area is 122 Å². The van der Waals surface area contributed by atoms with Crippen LogP contribution in [0.5, 0.6) is 0 Å². The zero-order valence-corrected chi connectivity index (χ0v) is 13.6. The third-order valence-electron chi connectivity index (χ3n) is 4.24. The van der Waals surface area contributed by atoms with Gasteiger partial charge in [-0.2, -0.15) is 5.10 Å². The molecule has 0 radical (unpaired) electrons. The van der Waals surface area contributed by atoms with Crippen molar-refractivity contribution < 1.29 is 0 Å². The number of likely N-dealkylation sites (N-methyl/N-ethyl adjacent to an activating group) is 1. The van der Waals surface area contributed by atoms with Crippen LogP contribution in [0.15, 0.2) is 0 Å². The van der Waals surface area contributed by atoms with Crippen molar-refractivity contribution in [2.45, 2.75) is 52.6 Å². The van der Waals surface area contributed by atoms with Crippen LogP contribution in [0.1, 0.15) is 45.3 Å². The minimum absolute atomic E-state index is 0.333. The molecule has 1 aromatic heterocycles. The van der Waals surface area contributed by atoms with Gasteiger partial charge >= 0.3 is 0 Å². The molecule has 2 N–H and O–H groups in total. The summed E-state index contributed by atoms with van der Waals surface area (Å²) in [4.78, 5) is 4.91. The maximum absolute atomic E-state index is 6.34. The Bertz CT molecular complexity index is 451. The van der Waals surface area contributed by atoms with Gasteiger partial charge in [-0.1, -0.05) is 6.92 Å². The molecular formula is C15H29N5. The highest BCUT2D eigenvalue weighted by Gasteiger charge is 2.28. The molecule has 1 aromatic rings. The topological polar surface area (TPSA) is 50.3 Å². The lowest BCUT2D eigenvalue weighted by atomic mass is 10.1. The number of nitrogen functional groups attached to an aromatic ring is 1. The van der Waals surface area contributed by atoms with Crippen LogP contribution in [-0.2, 0) is 0 Å². The van der Waals surface area contributed by atoms with Crippen LogP contribution in [0, 0.1) is 6.92 Å². The molecule has 0 saturated carbocycles. The highest BCUT2D eigenvalue weighted by molar-refractivity contribution is 5.67. The minimum atomic E-state index is 0.333. The van der Waals surface area contributed by atoms with Gasteiger partial charge in [0.15, 0.2) is 5.82 Å². The van der Waals surface area contributed by atoms with E-state index >= 15 is 0 Å². The van der Waals surface area contributed by atoms with Crippen molar-refractivity contribution in [3.63, 3.8) is 0 Å². The second-order valence-corrected chi connectivity index (χ2v) is 6.23. The molecule has 0 aliphatic carbocycles. The van der Waals surface area contributed by atoms with Gasteiger partial charge in [-0.15, -0.1) is 0 Å². The molecule has 0 spiro atoms. The minimum Gasteiger partial charge on any atom is -0.394 e. The van der Waals surface area contributed by atoms with Crippen LogP contribution in [0.4, 0.5) is 11.5 Å². The fourth-order valence-electron chi connectivity index (χ4n) is 3.07. The number of hydrogen-bond donors (Lipinski definition) is 1. The number of rotatable bonds is 3. The molecule has 1 unspecified atom stereocenters. The summed E-state index contributed by atoms with van der Waals surface area (Å²) in [6, 6.07) is 0.845. The second kappa shape index (κ2) is 6.04. The Kier molecular flexibility index (Phi) is 4.58. The van der Waals surface area contributed by atoms with Gasteiger partial charge in [-0.3, -0.25) is 0 Å². The number of aromatic nitrogens is 2. The Morgan fingerprint density at radius 1 is 1.35 bits per heavy atom. The lowest BCUT2D eigenvalue weighted by molar-refractivity contribution is 0.327. The van der Waals surface area contributed by atoms with Crippen LogP contribution >= 0.6 is 0 Å². The van der Waals surface area contributed by atoms with Gasteiger partial charge in [0.25, 0.3) is 0 Å². The Balaban J connectivity index is 2.42. The van der Waals surface area contributed by atoms with E-state index in [4.69, 9.17) is 5.73 Å². The highest BCUT2D eigenvalue weighted by atomic mass is 15.4. The van der Waals surface area contributed by atoms with E-state index in [0.29, 0.717) is 12.1 Å². The number of hydrogen-bond acceptors (Lipinski definition) is 4. The summed E-state index contributed by atoms with van der Waals surface area (Å²) in [7, 11) is 2.21. The molecule has 0 bridgehead atoms. The molecule has 1 aliphatic rings. The monoisotopic (exact) mass is 279 g/mol. The third-order valence-corrected chi connectivity index (χ3v) is 4.24. The van der Waals surface area contributed by atoms with Gasteiger partial charge in [0, 0.05) is 25.2 Å². The first-order valence-corrected chi connectivity index (χ1v) is 7.75. The first-order valence-electron chi connectivity index (χ1n) is 7.75. The van der Waals surface area contributed by atoms with Crippen molar-refractivity contribution >= 4 is 11.5 Å². The Hall–Kier alpha value is -1.23. The van der Waals surface area contributed by atoms with Crippen molar-refractivity contribution in [1.29, 1.82) is 0 Å². The SMILES string of the molecule is CCC1CN(C)CCCN1c1c(N)c(C)nn1C(C)C. The van der Waals surface area contributed by atoms with E-state index in [2.05, 4.69) is 47.4 Å². The van der Waals surface area contributed by atoms with E-state index in [0.717, 1.165) is 43.3 Å². The number of nitrogens with two attached hydrogens (primary N) is 1. The van der Waals surface area contributed by atoms with Crippen LogP contribution in [0.3, 0.4) is 0 Å². The van der Waals surface area contributed by atoms with Gasteiger partial charge in [-0.05, 0) is 47.2 Å². The van der Waals surface area contributed by atoms with Crippen LogP contribution in [0.25, 0.3) is 0 Å². The number of nitrogens with zero attached hydrogens (tertiary/aromatic N) is 4. The average molecular weight is 279 g/mol. The summed E-state index contributed by atoms with van der Waals surface area (Å²) in [5, 5.41) is 4.64. The van der Waals surface area contributed by atoms with Gasteiger partial charge < -0.3 is 15.5 Å². The molecule has 114 valence electrons. The smallest absolute Gasteiger partial charge is 0.151 e. The lowest BCUT2D eigenvalue weighted by Gasteiger charge is -2.33. The third kappa shape index (κ3) is 2.77. The van der Waals surface area contributed by atoms with Crippen LogP contribution in [0.2, 0.25) is 0 Å². The highest BCUT2D eigenvalue weighted by Crippen LogP contribution is 2.32. The van der Waals surface area contributed by atoms with E-state index in [1.54, 1.807) is 0 Å². The quantitative estimate of drug-likeness (QED) is 0.922. The maximum atomic E-state index is 6.34. The predicted molar refractivity (Wildman–Crippen MR) is 85.3 cm³/mol. The van der Waals surface area contributed by atoms with Crippen molar-refractivity contribution in [3.8, 4) is 0 Å². The molecular weight excluding hydrogens is 250 g/mol. The summed E-state index contributed by atoms with van der Waals surface area (Å²) >= 11 is 0. The second-order valence-electron chi connectivity index (χ2n) is 6.23. The number of aryl methyl sites for hydroxylation is 1. The van der Waals surface area contributed by atoms with Crippen molar-refractivity contribution in [2.75, 3.05) is 37.3 Å². The van der Waals surface area contributed by atoms with E-state index < -0.39 is 0 Å². The van der Waals surface area contributed by atoms with E-state index in [1.165, 1.54) is 6.42 Å². The first-order chi connectivity index (χ1) is 9.45. The first kappa shape index (κ1) is 15.2. The van der Waals surface area contributed by atoms with Crippen LogP contribution < -0.4 is 10.6 Å². The van der Waals surface area contributed by atoms with E-state index in [1.807, 2.05) is 6.92 Å². The molecule has 0 aromatic carbocycles. The molecule has 1 fully saturated rings. The molecule has 1 aliphatic heterocycles. The predicted octanol–water partition coefficient (Wildman–Crippen LogP) is 2.28. The molecule has 5 nitrogen and oxygen atoms in total. The molecule has 20 heavy (non-hydrogen) atoms. The van der Waals surface area contributed by atoms with Crippen molar-refractivity contribution in [2.24, 2.45) is 0 Å². The fraction of sp³-hybridized carbons (Fsp3) is 0.800. The standard InChI is InChI=1S/C15H29N5/c1-6-13-10-18(5)8-7-9-19(13)15-14(16)12(4)17-20(15)11(2)3/h11,13H,6-10,16H2,1-5H3. The Morgan fingerprint density at radius 2 is 2.05 bits per heavy atom. The van der Waals surface area contributed by atoms with E-state index in [9.17, 15) is 0 Å². The summed E-state index contributed by atoms with van der Waals surface area (Å²) < 4.78 is 2.10. The molecule has 1 atom stereocenters. The van der Waals surface area contributed by atoms with Crippen molar-refractivity contribution in [1.82, 2.24) is 14.7 Å². The summed E-state index contributed by atoms with van der Waals surface area (Å²) in [5.41, 5.74) is 8.13. The molecule has 2 rings (SSSR count). The zero-order valence-electron chi connectivity index (χ0n) is 13.6. The largest absolute Gasteiger partial charge is 0.394 e. The van der Waals surface area contributed by atoms with Crippen molar-refractivity contribution in [3.05, 3.63) is 5.69 Å². The molecule has 1 saturated heterocycles. The van der Waals surface area contributed by atoms with E-state index in [-0.39, 0.29) is 0 Å². The normalized spacial score (nSPS) is 21.5. The fourth-order valence-corrected chi connectivity index (χ4v) is 3.07. The number of anilines is 2.